The van der Waals surface area contributed by atoms with Crippen molar-refractivity contribution in [3.8, 4) is 0 Å². The maximum Gasteiger partial charge on any atom is 0.255 e. The lowest BCUT2D eigenvalue weighted by molar-refractivity contribution is 0.0779. The van der Waals surface area contributed by atoms with E-state index in [4.69, 9.17) is 0 Å². The Morgan fingerprint density at radius 2 is 2.11 bits per heavy atom. The van der Waals surface area contributed by atoms with E-state index < -0.39 is 0 Å². The van der Waals surface area contributed by atoms with Crippen LogP contribution in [0.15, 0.2) is 24.3 Å². The largest absolute Gasteiger partial charge is 0.385 e. The molecule has 1 aromatic rings. The fourth-order valence-corrected chi connectivity index (χ4v) is 2.47. The Morgan fingerprint density at radius 1 is 1.39 bits per heavy atom. The summed E-state index contributed by atoms with van der Waals surface area (Å²) in [6.07, 6.45) is 1.09. The number of hydrogen-bond acceptors (Lipinski definition) is 2. The van der Waals surface area contributed by atoms with Crippen LogP contribution in [0.1, 0.15) is 37.6 Å². The van der Waals surface area contributed by atoms with Crippen molar-refractivity contribution in [1.82, 2.24) is 4.90 Å². The topological polar surface area (TPSA) is 32.3 Å². The fraction of sp³-hybridized carbons (Fsp3) is 0.533. The Bertz CT molecular complexity index is 440. The number of nitrogens with zero attached hydrogens (tertiary/aromatic N) is 1. The first-order chi connectivity index (χ1) is 8.53. The molecule has 2 rings (SSSR count). The minimum absolute atomic E-state index is 0.150. The van der Waals surface area contributed by atoms with Gasteiger partial charge in [-0.25, -0.2) is 0 Å². The molecule has 0 bridgehead atoms. The van der Waals surface area contributed by atoms with E-state index in [0.717, 1.165) is 37.3 Å². The highest BCUT2D eigenvalue weighted by Crippen LogP contribution is 2.30. The van der Waals surface area contributed by atoms with E-state index in [-0.39, 0.29) is 11.3 Å². The van der Waals surface area contributed by atoms with Crippen LogP contribution in [0.3, 0.4) is 0 Å². The van der Waals surface area contributed by atoms with E-state index in [2.05, 4.69) is 19.2 Å². The Kier molecular flexibility index (Phi) is 3.60. The molecule has 0 spiro atoms. The van der Waals surface area contributed by atoms with Gasteiger partial charge in [-0.1, -0.05) is 26.0 Å². The van der Waals surface area contributed by atoms with Gasteiger partial charge >= 0.3 is 0 Å². The highest BCUT2D eigenvalue weighted by atomic mass is 16.2. The number of carbonyl (C=O) groups excluding carboxylic acids is 1. The third-order valence-electron chi connectivity index (χ3n) is 3.49. The van der Waals surface area contributed by atoms with Crippen LogP contribution in [0.2, 0.25) is 0 Å². The first kappa shape index (κ1) is 12.9. The van der Waals surface area contributed by atoms with Gasteiger partial charge in [0.25, 0.3) is 5.91 Å². The van der Waals surface area contributed by atoms with E-state index in [1.807, 2.05) is 36.1 Å². The average Bonchev–Trinajstić information content (AvgIpc) is 2.70. The maximum atomic E-state index is 12.5. The molecule has 1 heterocycles. The van der Waals surface area contributed by atoms with Crippen molar-refractivity contribution in [2.45, 2.75) is 27.2 Å². The molecule has 1 saturated heterocycles. The monoisotopic (exact) mass is 246 g/mol. The molecule has 3 nitrogen and oxygen atoms in total. The standard InChI is InChI=1S/C15H22N2O/c1-4-16-13-8-6-5-7-12(13)14(18)17-10-9-15(2,3)11-17/h5-8,16H,4,9-11H2,1-3H3. The third-order valence-corrected chi connectivity index (χ3v) is 3.49. The minimum atomic E-state index is 0.150. The highest BCUT2D eigenvalue weighted by Gasteiger charge is 2.32. The highest BCUT2D eigenvalue weighted by molar-refractivity contribution is 5.99. The van der Waals surface area contributed by atoms with Gasteiger partial charge in [-0.15, -0.1) is 0 Å². The van der Waals surface area contributed by atoms with E-state index in [0.29, 0.717) is 0 Å². The van der Waals surface area contributed by atoms with Crippen molar-refractivity contribution in [2.75, 3.05) is 25.0 Å². The molecule has 0 radical (unpaired) electrons. The summed E-state index contributed by atoms with van der Waals surface area (Å²) in [7, 11) is 0. The van der Waals surface area contributed by atoms with Crippen molar-refractivity contribution in [3.05, 3.63) is 29.8 Å². The molecule has 0 saturated carbocycles. The Labute approximate surface area is 109 Å². The molecule has 1 amide bonds. The number of benzene rings is 1. The van der Waals surface area contributed by atoms with Crippen LogP contribution in [-0.4, -0.2) is 30.4 Å². The molecular weight excluding hydrogens is 224 g/mol. The number of carbonyl (C=O) groups is 1. The lowest BCUT2D eigenvalue weighted by Gasteiger charge is -2.21. The summed E-state index contributed by atoms with van der Waals surface area (Å²) in [5, 5.41) is 3.25. The predicted molar refractivity (Wildman–Crippen MR) is 74.9 cm³/mol. The second kappa shape index (κ2) is 5.01. The van der Waals surface area contributed by atoms with Crippen molar-refractivity contribution in [3.63, 3.8) is 0 Å². The van der Waals surface area contributed by atoms with Crippen molar-refractivity contribution in [2.24, 2.45) is 5.41 Å². The number of para-hydroxylation sites is 1. The summed E-state index contributed by atoms with van der Waals surface area (Å²) in [5.74, 6) is 0.150. The molecule has 0 aliphatic carbocycles. The van der Waals surface area contributed by atoms with Crippen LogP contribution in [0.25, 0.3) is 0 Å². The molecular formula is C15H22N2O. The van der Waals surface area contributed by atoms with Crippen LogP contribution in [-0.2, 0) is 0 Å². The van der Waals surface area contributed by atoms with Gasteiger partial charge in [0.15, 0.2) is 0 Å². The van der Waals surface area contributed by atoms with Crippen LogP contribution in [0.5, 0.6) is 0 Å². The van der Waals surface area contributed by atoms with Gasteiger partial charge in [0.1, 0.15) is 0 Å². The number of amides is 1. The SMILES string of the molecule is CCNc1ccccc1C(=O)N1CCC(C)(C)C1. The molecule has 0 atom stereocenters. The molecule has 98 valence electrons. The molecule has 3 heteroatoms. The summed E-state index contributed by atoms with van der Waals surface area (Å²) in [6, 6.07) is 7.77. The second-order valence-corrected chi connectivity index (χ2v) is 5.72. The Balaban J connectivity index is 2.19. The predicted octanol–water partition coefficient (Wildman–Crippen LogP) is 2.99. The summed E-state index contributed by atoms with van der Waals surface area (Å²) >= 11 is 0. The zero-order valence-electron chi connectivity index (χ0n) is 11.5. The molecule has 1 N–H and O–H groups in total. The summed E-state index contributed by atoms with van der Waals surface area (Å²) in [4.78, 5) is 14.5. The van der Waals surface area contributed by atoms with Gasteiger partial charge in [-0.3, -0.25) is 4.79 Å². The molecule has 1 fully saturated rings. The van der Waals surface area contributed by atoms with Crippen LogP contribution in [0.4, 0.5) is 5.69 Å². The van der Waals surface area contributed by atoms with E-state index >= 15 is 0 Å². The van der Waals surface area contributed by atoms with Crippen LogP contribution < -0.4 is 5.32 Å². The molecule has 1 aliphatic heterocycles. The number of nitrogens with one attached hydrogen (secondary N) is 1. The summed E-state index contributed by atoms with van der Waals surface area (Å²) in [6.45, 7) is 9.03. The first-order valence-corrected chi connectivity index (χ1v) is 6.66. The normalized spacial score (nSPS) is 17.8. The average molecular weight is 246 g/mol. The Morgan fingerprint density at radius 3 is 2.72 bits per heavy atom. The molecule has 0 aromatic heterocycles. The maximum absolute atomic E-state index is 12.5. The van der Waals surface area contributed by atoms with Gasteiger partial charge in [-0.05, 0) is 30.9 Å². The summed E-state index contributed by atoms with van der Waals surface area (Å²) < 4.78 is 0. The van der Waals surface area contributed by atoms with Gasteiger partial charge in [0.2, 0.25) is 0 Å². The first-order valence-electron chi connectivity index (χ1n) is 6.66. The van der Waals surface area contributed by atoms with E-state index in [1.54, 1.807) is 0 Å². The molecule has 0 unspecified atom stereocenters. The van der Waals surface area contributed by atoms with Gasteiger partial charge < -0.3 is 10.2 Å². The molecule has 1 aromatic carbocycles. The van der Waals surface area contributed by atoms with Gasteiger partial charge in [0.05, 0.1) is 5.56 Å². The van der Waals surface area contributed by atoms with Crippen molar-refractivity contribution in [1.29, 1.82) is 0 Å². The van der Waals surface area contributed by atoms with Crippen LogP contribution >= 0.6 is 0 Å². The third kappa shape index (κ3) is 2.66. The molecule has 18 heavy (non-hydrogen) atoms. The quantitative estimate of drug-likeness (QED) is 0.889. The number of hydrogen-bond donors (Lipinski definition) is 1. The lowest BCUT2D eigenvalue weighted by atomic mass is 9.93. The number of anilines is 1. The number of rotatable bonds is 3. The van der Waals surface area contributed by atoms with E-state index in [9.17, 15) is 4.79 Å². The van der Waals surface area contributed by atoms with Gasteiger partial charge in [-0.2, -0.15) is 0 Å². The van der Waals surface area contributed by atoms with Crippen molar-refractivity contribution >= 4 is 11.6 Å². The van der Waals surface area contributed by atoms with E-state index in [1.165, 1.54) is 0 Å². The van der Waals surface area contributed by atoms with Gasteiger partial charge in [0, 0.05) is 25.3 Å². The zero-order valence-corrected chi connectivity index (χ0v) is 11.5. The van der Waals surface area contributed by atoms with Crippen LogP contribution in [0, 0.1) is 5.41 Å². The lowest BCUT2D eigenvalue weighted by Crippen LogP contribution is -2.30. The smallest absolute Gasteiger partial charge is 0.255 e. The fourth-order valence-electron chi connectivity index (χ4n) is 2.47. The zero-order chi connectivity index (χ0) is 13.2. The number of likely N-dealkylation sites (tertiary alicyclic amines) is 1. The Hall–Kier alpha value is -1.51. The minimum Gasteiger partial charge on any atom is -0.385 e. The van der Waals surface area contributed by atoms with Crippen molar-refractivity contribution < 1.29 is 4.79 Å². The molecule has 1 aliphatic rings. The summed E-state index contributed by atoms with van der Waals surface area (Å²) in [5.41, 5.74) is 1.98. The second-order valence-electron chi connectivity index (χ2n) is 5.72.